The van der Waals surface area contributed by atoms with Crippen molar-refractivity contribution in [3.63, 3.8) is 0 Å². The summed E-state index contributed by atoms with van der Waals surface area (Å²) in [5.41, 5.74) is 6.56. The second-order valence-electron chi connectivity index (χ2n) is 6.25. The van der Waals surface area contributed by atoms with Gasteiger partial charge in [0.2, 0.25) is 0 Å². The Morgan fingerprint density at radius 1 is 1.08 bits per heavy atom. The molecule has 126 valence electrons. The fraction of sp³-hybridized carbons (Fsp3) is 0.158. The second kappa shape index (κ2) is 5.86. The van der Waals surface area contributed by atoms with E-state index < -0.39 is 0 Å². The minimum absolute atomic E-state index is 0.544. The van der Waals surface area contributed by atoms with Gasteiger partial charge in [0.25, 0.3) is 0 Å². The van der Waals surface area contributed by atoms with Crippen LogP contribution < -0.4 is 0 Å². The highest BCUT2D eigenvalue weighted by molar-refractivity contribution is 7.71. The van der Waals surface area contributed by atoms with E-state index in [1.165, 1.54) is 16.6 Å². The number of halogens is 1. The van der Waals surface area contributed by atoms with Crippen molar-refractivity contribution in [1.29, 1.82) is 0 Å². The largest absolute Gasteiger partial charge is 0.358 e. The van der Waals surface area contributed by atoms with Crippen molar-refractivity contribution in [3.05, 3.63) is 63.0 Å². The number of fused-ring (bicyclic) bond motifs is 1. The number of aromatic amines is 2. The smallest absolute Gasteiger partial charge is 0.200 e. The molecule has 0 aliphatic rings. The summed E-state index contributed by atoms with van der Waals surface area (Å²) in [6.07, 6.45) is 0. The van der Waals surface area contributed by atoms with Crippen LogP contribution in [0.3, 0.4) is 0 Å². The average molecular weight is 369 g/mol. The van der Waals surface area contributed by atoms with Crippen molar-refractivity contribution >= 4 is 34.7 Å². The molecule has 0 atom stereocenters. The van der Waals surface area contributed by atoms with Crippen molar-refractivity contribution in [2.45, 2.75) is 20.8 Å². The number of hydrogen-bond donors (Lipinski definition) is 2. The van der Waals surface area contributed by atoms with Gasteiger partial charge in [-0.25, -0.2) is 0 Å². The molecule has 0 spiro atoms. The highest BCUT2D eigenvalue weighted by Crippen LogP contribution is 2.29. The summed E-state index contributed by atoms with van der Waals surface area (Å²) in [6.45, 7) is 6.24. The number of rotatable bonds is 2. The monoisotopic (exact) mass is 368 g/mol. The van der Waals surface area contributed by atoms with Gasteiger partial charge in [-0.05, 0) is 74.4 Å². The third-order valence-corrected chi connectivity index (χ3v) is 5.16. The highest BCUT2D eigenvalue weighted by Gasteiger charge is 2.14. The molecule has 6 heteroatoms. The summed E-state index contributed by atoms with van der Waals surface area (Å²) in [4.78, 5) is 3.40. The van der Waals surface area contributed by atoms with Crippen LogP contribution in [0, 0.1) is 25.5 Å². The first-order chi connectivity index (χ1) is 12.0. The lowest BCUT2D eigenvalue weighted by molar-refractivity contribution is 1.02. The quantitative estimate of drug-likeness (QED) is 0.449. The van der Waals surface area contributed by atoms with E-state index in [1.807, 2.05) is 29.7 Å². The van der Waals surface area contributed by atoms with E-state index in [4.69, 9.17) is 23.8 Å². The minimum atomic E-state index is 0.544. The standard InChI is InChI=1S/C19H17ClN4S/c1-10-4-6-14(20)9-17(10)24-18(22-23-19(24)25)13-5-7-16-15(8-13)11(2)12(3)21-16/h4-9,21H,1-3H3,(H,23,25). The number of hydrogen-bond acceptors (Lipinski definition) is 2. The maximum Gasteiger partial charge on any atom is 0.200 e. The zero-order valence-corrected chi connectivity index (χ0v) is 15.7. The number of aryl methyl sites for hydroxylation is 3. The summed E-state index contributed by atoms with van der Waals surface area (Å²) in [7, 11) is 0. The van der Waals surface area contributed by atoms with Gasteiger partial charge in [0.15, 0.2) is 10.6 Å². The van der Waals surface area contributed by atoms with Crippen molar-refractivity contribution in [2.24, 2.45) is 0 Å². The third-order valence-electron chi connectivity index (χ3n) is 4.65. The zero-order valence-electron chi connectivity index (χ0n) is 14.1. The van der Waals surface area contributed by atoms with E-state index in [2.05, 4.69) is 47.2 Å². The molecule has 0 aliphatic carbocycles. The molecule has 0 amide bonds. The van der Waals surface area contributed by atoms with Crippen LogP contribution in [0.2, 0.25) is 5.02 Å². The van der Waals surface area contributed by atoms with E-state index in [1.54, 1.807) is 0 Å². The van der Waals surface area contributed by atoms with Crippen LogP contribution in [0.25, 0.3) is 28.0 Å². The Morgan fingerprint density at radius 3 is 2.68 bits per heavy atom. The van der Waals surface area contributed by atoms with Gasteiger partial charge in [-0.2, -0.15) is 5.10 Å². The Hall–Kier alpha value is -2.37. The van der Waals surface area contributed by atoms with Gasteiger partial charge in [0, 0.05) is 27.2 Å². The summed E-state index contributed by atoms with van der Waals surface area (Å²) >= 11 is 11.7. The first kappa shape index (κ1) is 16.1. The lowest BCUT2D eigenvalue weighted by Crippen LogP contribution is -2.00. The molecule has 0 bridgehead atoms. The number of nitrogens with zero attached hydrogens (tertiary/aromatic N) is 2. The molecule has 4 aromatic rings. The summed E-state index contributed by atoms with van der Waals surface area (Å²) in [5, 5.41) is 9.24. The number of nitrogens with one attached hydrogen (secondary N) is 2. The van der Waals surface area contributed by atoms with Crippen LogP contribution in [0.4, 0.5) is 0 Å². The van der Waals surface area contributed by atoms with Crippen LogP contribution >= 0.6 is 23.8 Å². The topological polar surface area (TPSA) is 49.4 Å². The van der Waals surface area contributed by atoms with Crippen molar-refractivity contribution < 1.29 is 0 Å². The van der Waals surface area contributed by atoms with Gasteiger partial charge in [0.1, 0.15) is 0 Å². The Morgan fingerprint density at radius 2 is 1.88 bits per heavy atom. The van der Waals surface area contributed by atoms with Crippen molar-refractivity contribution in [1.82, 2.24) is 19.7 Å². The molecule has 0 fully saturated rings. The number of aromatic nitrogens is 4. The maximum absolute atomic E-state index is 6.20. The third kappa shape index (κ3) is 2.60. The molecule has 2 N–H and O–H groups in total. The molecule has 25 heavy (non-hydrogen) atoms. The average Bonchev–Trinajstić information content (AvgIpc) is 3.10. The Kier molecular flexibility index (Phi) is 3.78. The first-order valence-corrected chi connectivity index (χ1v) is 8.77. The summed E-state index contributed by atoms with van der Waals surface area (Å²) < 4.78 is 2.48. The predicted octanol–water partition coefficient (Wildman–Crippen LogP) is 5.66. The van der Waals surface area contributed by atoms with E-state index in [9.17, 15) is 0 Å². The van der Waals surface area contributed by atoms with Gasteiger partial charge >= 0.3 is 0 Å². The van der Waals surface area contributed by atoms with Crippen molar-refractivity contribution in [3.8, 4) is 17.1 Å². The van der Waals surface area contributed by atoms with Crippen molar-refractivity contribution in [2.75, 3.05) is 0 Å². The van der Waals surface area contributed by atoms with E-state index >= 15 is 0 Å². The molecule has 0 radical (unpaired) electrons. The lowest BCUT2D eigenvalue weighted by Gasteiger charge is -2.11. The molecule has 0 aliphatic heterocycles. The van der Waals surface area contributed by atoms with Gasteiger partial charge in [-0.3, -0.25) is 9.67 Å². The lowest BCUT2D eigenvalue weighted by atomic mass is 10.1. The Balaban J connectivity index is 1.97. The molecular weight excluding hydrogens is 352 g/mol. The first-order valence-electron chi connectivity index (χ1n) is 7.99. The SMILES string of the molecule is Cc1ccc(Cl)cc1-n1c(-c2ccc3[nH]c(C)c(C)c3c2)n[nH]c1=S. The number of benzene rings is 2. The summed E-state index contributed by atoms with van der Waals surface area (Å²) in [5.74, 6) is 0.774. The molecule has 4 rings (SSSR count). The second-order valence-corrected chi connectivity index (χ2v) is 7.08. The van der Waals surface area contributed by atoms with Gasteiger partial charge in [-0.1, -0.05) is 17.7 Å². The normalized spacial score (nSPS) is 11.4. The maximum atomic E-state index is 6.20. The number of H-pyrrole nitrogens is 2. The molecule has 0 saturated heterocycles. The van der Waals surface area contributed by atoms with Crippen LogP contribution in [-0.2, 0) is 0 Å². The van der Waals surface area contributed by atoms with Gasteiger partial charge < -0.3 is 4.98 Å². The van der Waals surface area contributed by atoms with Gasteiger partial charge in [-0.15, -0.1) is 0 Å². The van der Waals surface area contributed by atoms with Gasteiger partial charge in [0.05, 0.1) is 5.69 Å². The van der Waals surface area contributed by atoms with E-state index in [-0.39, 0.29) is 0 Å². The van der Waals surface area contributed by atoms with E-state index in [0.717, 1.165) is 28.2 Å². The zero-order chi connectivity index (χ0) is 17.7. The minimum Gasteiger partial charge on any atom is -0.358 e. The molecule has 4 nitrogen and oxygen atoms in total. The molecule has 2 heterocycles. The van der Waals surface area contributed by atoms with Crippen LogP contribution in [0.5, 0.6) is 0 Å². The molecule has 0 unspecified atom stereocenters. The molecular formula is C19H17ClN4S. The Labute approximate surface area is 155 Å². The molecule has 2 aromatic heterocycles. The predicted molar refractivity (Wildman–Crippen MR) is 105 cm³/mol. The van der Waals surface area contributed by atoms with Crippen LogP contribution in [0.1, 0.15) is 16.8 Å². The molecule has 2 aromatic carbocycles. The fourth-order valence-corrected chi connectivity index (χ4v) is 3.53. The van der Waals surface area contributed by atoms with Crippen LogP contribution in [0.15, 0.2) is 36.4 Å². The molecule has 0 saturated carbocycles. The fourth-order valence-electron chi connectivity index (χ4n) is 3.14. The Bertz CT molecular complexity index is 1170. The summed E-state index contributed by atoms with van der Waals surface area (Å²) in [6, 6.07) is 12.1. The van der Waals surface area contributed by atoms with E-state index in [0.29, 0.717) is 9.79 Å². The van der Waals surface area contributed by atoms with Crippen LogP contribution in [-0.4, -0.2) is 19.7 Å². The highest BCUT2D eigenvalue weighted by atomic mass is 35.5.